The van der Waals surface area contributed by atoms with Crippen molar-refractivity contribution in [2.75, 3.05) is 27.6 Å². The second-order valence-electron chi connectivity index (χ2n) is 5.82. The lowest BCUT2D eigenvalue weighted by molar-refractivity contribution is -0.122. The Bertz CT molecular complexity index is 793. The van der Waals surface area contributed by atoms with E-state index in [4.69, 9.17) is 24.7 Å². The standard InChI is InChI=1S/C19H22N2O5/c1-23-14-5-3-12(9-16(14)24-2)7-8-21-19(22)18(20)13-4-6-15-17(10-13)26-11-25-15/h3-6,9-10,18H,7-8,11,20H2,1-2H3,(H,21,22). The first-order valence-corrected chi connectivity index (χ1v) is 8.26. The molecule has 0 aromatic heterocycles. The van der Waals surface area contributed by atoms with Crippen molar-refractivity contribution in [2.45, 2.75) is 12.5 Å². The molecule has 0 fully saturated rings. The lowest BCUT2D eigenvalue weighted by Crippen LogP contribution is -2.35. The van der Waals surface area contributed by atoms with Gasteiger partial charge in [0.25, 0.3) is 0 Å². The third-order valence-corrected chi connectivity index (χ3v) is 4.20. The second kappa shape index (κ2) is 7.97. The molecule has 138 valence electrons. The molecule has 3 rings (SSSR count). The van der Waals surface area contributed by atoms with E-state index in [0.717, 1.165) is 5.56 Å². The van der Waals surface area contributed by atoms with Crippen molar-refractivity contribution >= 4 is 5.91 Å². The highest BCUT2D eigenvalue weighted by Gasteiger charge is 2.20. The van der Waals surface area contributed by atoms with Crippen LogP contribution in [0, 0.1) is 0 Å². The second-order valence-corrected chi connectivity index (χ2v) is 5.82. The minimum atomic E-state index is -0.769. The summed E-state index contributed by atoms with van der Waals surface area (Å²) in [4.78, 5) is 12.3. The first-order chi connectivity index (χ1) is 12.6. The van der Waals surface area contributed by atoms with Gasteiger partial charge in [-0.1, -0.05) is 12.1 Å². The van der Waals surface area contributed by atoms with Crippen LogP contribution < -0.4 is 30.0 Å². The lowest BCUT2D eigenvalue weighted by Gasteiger charge is -2.14. The van der Waals surface area contributed by atoms with Crippen LogP contribution in [0.2, 0.25) is 0 Å². The molecule has 0 spiro atoms. The molecule has 7 nitrogen and oxygen atoms in total. The number of ether oxygens (including phenoxy) is 4. The summed E-state index contributed by atoms with van der Waals surface area (Å²) in [6.07, 6.45) is 0.653. The van der Waals surface area contributed by atoms with Crippen molar-refractivity contribution in [2.24, 2.45) is 5.73 Å². The largest absolute Gasteiger partial charge is 0.493 e. The highest BCUT2D eigenvalue weighted by Crippen LogP contribution is 2.33. The van der Waals surface area contributed by atoms with E-state index in [0.29, 0.717) is 41.5 Å². The van der Waals surface area contributed by atoms with Crippen LogP contribution in [0.25, 0.3) is 0 Å². The number of amides is 1. The Morgan fingerprint density at radius 2 is 1.88 bits per heavy atom. The van der Waals surface area contributed by atoms with Gasteiger partial charge >= 0.3 is 0 Å². The normalized spacial score (nSPS) is 13.2. The van der Waals surface area contributed by atoms with Crippen molar-refractivity contribution < 1.29 is 23.7 Å². The van der Waals surface area contributed by atoms with Crippen LogP contribution >= 0.6 is 0 Å². The zero-order chi connectivity index (χ0) is 18.5. The molecule has 0 aliphatic carbocycles. The van der Waals surface area contributed by atoms with Gasteiger partial charge in [-0.05, 0) is 41.8 Å². The predicted molar refractivity (Wildman–Crippen MR) is 95.8 cm³/mol. The number of fused-ring (bicyclic) bond motifs is 1. The molecule has 2 aromatic carbocycles. The van der Waals surface area contributed by atoms with Gasteiger partial charge in [-0.2, -0.15) is 0 Å². The summed E-state index contributed by atoms with van der Waals surface area (Å²) < 4.78 is 21.1. The van der Waals surface area contributed by atoms with E-state index in [9.17, 15) is 4.79 Å². The molecule has 1 atom stereocenters. The number of carbonyl (C=O) groups is 1. The van der Waals surface area contributed by atoms with Gasteiger partial charge in [-0.25, -0.2) is 0 Å². The van der Waals surface area contributed by atoms with E-state index in [1.165, 1.54) is 0 Å². The van der Waals surface area contributed by atoms with Gasteiger partial charge in [0.2, 0.25) is 12.7 Å². The molecular formula is C19H22N2O5. The van der Waals surface area contributed by atoms with Gasteiger partial charge in [0.05, 0.1) is 14.2 Å². The number of rotatable bonds is 7. The molecule has 0 bridgehead atoms. The van der Waals surface area contributed by atoms with Crippen molar-refractivity contribution in [3.8, 4) is 23.0 Å². The molecule has 1 aliphatic heterocycles. The van der Waals surface area contributed by atoms with Gasteiger partial charge in [0.1, 0.15) is 6.04 Å². The molecule has 3 N–H and O–H groups in total. The summed E-state index contributed by atoms with van der Waals surface area (Å²) in [5.74, 6) is 2.36. The molecule has 0 radical (unpaired) electrons. The van der Waals surface area contributed by atoms with Crippen molar-refractivity contribution in [3.63, 3.8) is 0 Å². The summed E-state index contributed by atoms with van der Waals surface area (Å²) >= 11 is 0. The Kier molecular flexibility index (Phi) is 5.48. The van der Waals surface area contributed by atoms with Crippen LogP contribution in [0.3, 0.4) is 0 Å². The number of benzene rings is 2. The molecule has 7 heteroatoms. The molecule has 0 saturated heterocycles. The molecule has 1 unspecified atom stereocenters. The fraction of sp³-hybridized carbons (Fsp3) is 0.316. The van der Waals surface area contributed by atoms with E-state index in [1.807, 2.05) is 18.2 Å². The van der Waals surface area contributed by atoms with Gasteiger partial charge in [-0.3, -0.25) is 4.79 Å². The lowest BCUT2D eigenvalue weighted by atomic mass is 10.1. The first kappa shape index (κ1) is 17.9. The Labute approximate surface area is 152 Å². The molecule has 1 heterocycles. The summed E-state index contributed by atoms with van der Waals surface area (Å²) in [5, 5.41) is 2.86. The zero-order valence-electron chi connectivity index (χ0n) is 14.8. The maximum Gasteiger partial charge on any atom is 0.241 e. The maximum absolute atomic E-state index is 12.3. The average molecular weight is 358 g/mol. The monoisotopic (exact) mass is 358 g/mol. The van der Waals surface area contributed by atoms with E-state index < -0.39 is 6.04 Å². The molecule has 1 amide bonds. The Hall–Kier alpha value is -2.93. The summed E-state index contributed by atoms with van der Waals surface area (Å²) in [6.45, 7) is 0.651. The SMILES string of the molecule is COc1ccc(CCNC(=O)C(N)c2ccc3c(c2)OCO3)cc1OC. The van der Waals surface area contributed by atoms with Crippen molar-refractivity contribution in [1.29, 1.82) is 0 Å². The smallest absolute Gasteiger partial charge is 0.241 e. The van der Waals surface area contributed by atoms with Crippen LogP contribution in [0.15, 0.2) is 36.4 Å². The zero-order valence-corrected chi connectivity index (χ0v) is 14.8. The van der Waals surface area contributed by atoms with E-state index >= 15 is 0 Å². The first-order valence-electron chi connectivity index (χ1n) is 8.26. The molecular weight excluding hydrogens is 336 g/mol. The van der Waals surface area contributed by atoms with Gasteiger partial charge in [0.15, 0.2) is 23.0 Å². The highest BCUT2D eigenvalue weighted by atomic mass is 16.7. The topological polar surface area (TPSA) is 92.0 Å². The number of hydrogen-bond acceptors (Lipinski definition) is 6. The number of nitrogens with two attached hydrogens (primary N) is 1. The van der Waals surface area contributed by atoms with Crippen molar-refractivity contribution in [1.82, 2.24) is 5.32 Å². The van der Waals surface area contributed by atoms with Gasteiger partial charge in [-0.15, -0.1) is 0 Å². The van der Waals surface area contributed by atoms with Crippen LogP contribution in [-0.2, 0) is 11.2 Å². The number of nitrogens with one attached hydrogen (secondary N) is 1. The number of hydrogen-bond donors (Lipinski definition) is 2. The average Bonchev–Trinajstić information content (AvgIpc) is 3.14. The molecule has 2 aromatic rings. The Balaban J connectivity index is 1.55. The maximum atomic E-state index is 12.3. The minimum Gasteiger partial charge on any atom is -0.493 e. The predicted octanol–water partition coefficient (Wildman–Crippen LogP) is 1.79. The number of methoxy groups -OCH3 is 2. The van der Waals surface area contributed by atoms with E-state index in [-0.39, 0.29) is 12.7 Å². The fourth-order valence-electron chi connectivity index (χ4n) is 2.73. The Morgan fingerprint density at radius 3 is 2.65 bits per heavy atom. The van der Waals surface area contributed by atoms with E-state index in [1.54, 1.807) is 32.4 Å². The molecule has 26 heavy (non-hydrogen) atoms. The summed E-state index contributed by atoms with van der Waals surface area (Å²) in [5.41, 5.74) is 7.76. The fourth-order valence-corrected chi connectivity index (χ4v) is 2.73. The van der Waals surface area contributed by atoms with Crippen LogP contribution in [0.1, 0.15) is 17.2 Å². The third kappa shape index (κ3) is 3.83. The minimum absolute atomic E-state index is 0.186. The van der Waals surface area contributed by atoms with Crippen LogP contribution in [-0.4, -0.2) is 33.5 Å². The van der Waals surface area contributed by atoms with E-state index in [2.05, 4.69) is 5.32 Å². The van der Waals surface area contributed by atoms with Gasteiger partial charge in [0, 0.05) is 6.54 Å². The van der Waals surface area contributed by atoms with Crippen LogP contribution in [0.4, 0.5) is 0 Å². The quantitative estimate of drug-likeness (QED) is 0.784. The summed E-state index contributed by atoms with van der Waals surface area (Å²) in [6, 6.07) is 10.2. The summed E-state index contributed by atoms with van der Waals surface area (Å²) in [7, 11) is 3.18. The molecule has 0 saturated carbocycles. The van der Waals surface area contributed by atoms with Gasteiger partial charge < -0.3 is 30.0 Å². The highest BCUT2D eigenvalue weighted by molar-refractivity contribution is 5.83. The third-order valence-electron chi connectivity index (χ3n) is 4.20. The molecule has 1 aliphatic rings. The van der Waals surface area contributed by atoms with Crippen LogP contribution in [0.5, 0.6) is 23.0 Å². The number of carbonyl (C=O) groups excluding carboxylic acids is 1. The van der Waals surface area contributed by atoms with Crippen molar-refractivity contribution in [3.05, 3.63) is 47.5 Å². The Morgan fingerprint density at radius 1 is 1.12 bits per heavy atom.